The topological polar surface area (TPSA) is 72.9 Å². The molecule has 1 aliphatic rings. The van der Waals surface area contributed by atoms with Crippen LogP contribution in [-0.4, -0.2) is 86.0 Å². The van der Waals surface area contributed by atoms with E-state index >= 15 is 0 Å². The average molecular weight is 450 g/mol. The lowest BCUT2D eigenvalue weighted by atomic mass is 10.1. The number of halogens is 3. The first kappa shape index (κ1) is 23.3. The van der Waals surface area contributed by atoms with Crippen LogP contribution in [-0.2, 0) is 6.18 Å². The number of alkyl halides is 3. The van der Waals surface area contributed by atoms with Gasteiger partial charge < -0.3 is 19.6 Å². The maximum atomic E-state index is 13.0. The maximum absolute atomic E-state index is 13.0. The SMILES string of the molecule is CN(C)c1cc(C(=O)N2CCN(C(=O)c3cccc(C(F)(F)F)c3)CC2)nc(N(C)C)n1. The van der Waals surface area contributed by atoms with Gasteiger partial charge in [0.2, 0.25) is 5.95 Å². The fourth-order valence-corrected chi connectivity index (χ4v) is 3.25. The minimum absolute atomic E-state index is 0.0262. The van der Waals surface area contributed by atoms with E-state index in [1.165, 1.54) is 17.0 Å². The Morgan fingerprint density at radius 2 is 1.47 bits per heavy atom. The highest BCUT2D eigenvalue weighted by Crippen LogP contribution is 2.30. The van der Waals surface area contributed by atoms with E-state index in [1.54, 1.807) is 34.9 Å². The second-order valence-corrected chi connectivity index (χ2v) is 7.86. The molecule has 0 saturated carbocycles. The van der Waals surface area contributed by atoms with Gasteiger partial charge in [-0.15, -0.1) is 0 Å². The third kappa shape index (κ3) is 5.09. The largest absolute Gasteiger partial charge is 0.416 e. The van der Waals surface area contributed by atoms with E-state index in [0.717, 1.165) is 12.1 Å². The van der Waals surface area contributed by atoms with Crippen LogP contribution < -0.4 is 9.80 Å². The zero-order chi connectivity index (χ0) is 23.6. The molecule has 1 aromatic carbocycles. The van der Waals surface area contributed by atoms with Gasteiger partial charge in [0.25, 0.3) is 11.8 Å². The molecule has 172 valence electrons. The minimum Gasteiger partial charge on any atom is -0.363 e. The molecule has 1 fully saturated rings. The van der Waals surface area contributed by atoms with Crippen LogP contribution in [0.4, 0.5) is 24.9 Å². The zero-order valence-electron chi connectivity index (χ0n) is 18.3. The van der Waals surface area contributed by atoms with Crippen LogP contribution in [0.25, 0.3) is 0 Å². The van der Waals surface area contributed by atoms with Crippen molar-refractivity contribution < 1.29 is 22.8 Å². The van der Waals surface area contributed by atoms with Crippen LogP contribution in [0.1, 0.15) is 26.4 Å². The molecule has 0 unspecified atom stereocenters. The molecule has 1 saturated heterocycles. The van der Waals surface area contributed by atoms with Crippen LogP contribution in [0.2, 0.25) is 0 Å². The van der Waals surface area contributed by atoms with Crippen LogP contribution in [0.5, 0.6) is 0 Å². The van der Waals surface area contributed by atoms with Crippen LogP contribution >= 0.6 is 0 Å². The smallest absolute Gasteiger partial charge is 0.363 e. The van der Waals surface area contributed by atoms with Gasteiger partial charge in [0.05, 0.1) is 5.56 Å². The number of carbonyl (C=O) groups is 2. The Bertz CT molecular complexity index is 975. The second kappa shape index (κ2) is 9.01. The van der Waals surface area contributed by atoms with E-state index in [9.17, 15) is 22.8 Å². The van der Waals surface area contributed by atoms with Gasteiger partial charge in [-0.05, 0) is 18.2 Å². The molecule has 1 aromatic heterocycles. The van der Waals surface area contributed by atoms with Gasteiger partial charge in [-0.25, -0.2) is 4.98 Å². The van der Waals surface area contributed by atoms with E-state index in [-0.39, 0.29) is 43.3 Å². The molecule has 2 amide bonds. The summed E-state index contributed by atoms with van der Waals surface area (Å²) in [5.74, 6) is 0.211. The molecule has 0 spiro atoms. The summed E-state index contributed by atoms with van der Waals surface area (Å²) in [5, 5.41) is 0. The summed E-state index contributed by atoms with van der Waals surface area (Å²) < 4.78 is 38.8. The van der Waals surface area contributed by atoms with E-state index in [4.69, 9.17) is 0 Å². The minimum atomic E-state index is -4.52. The molecule has 0 N–H and O–H groups in total. The summed E-state index contributed by atoms with van der Waals surface area (Å²) >= 11 is 0. The summed E-state index contributed by atoms with van der Waals surface area (Å²) in [4.78, 5) is 40.9. The highest BCUT2D eigenvalue weighted by Gasteiger charge is 2.32. The molecule has 2 heterocycles. The number of amides is 2. The van der Waals surface area contributed by atoms with Gasteiger partial charge in [-0.3, -0.25) is 9.59 Å². The number of hydrogen-bond donors (Lipinski definition) is 0. The Labute approximate surface area is 184 Å². The van der Waals surface area contributed by atoms with Crippen molar-refractivity contribution >= 4 is 23.6 Å². The van der Waals surface area contributed by atoms with E-state index in [0.29, 0.717) is 11.8 Å². The second-order valence-electron chi connectivity index (χ2n) is 7.86. The quantitative estimate of drug-likeness (QED) is 0.712. The molecule has 3 rings (SSSR count). The lowest BCUT2D eigenvalue weighted by Gasteiger charge is -2.34. The van der Waals surface area contributed by atoms with Crippen molar-refractivity contribution in [3.05, 3.63) is 47.2 Å². The molecule has 0 bridgehead atoms. The summed E-state index contributed by atoms with van der Waals surface area (Å²) in [6.07, 6.45) is -4.52. The van der Waals surface area contributed by atoms with Crippen molar-refractivity contribution in [2.24, 2.45) is 0 Å². The van der Waals surface area contributed by atoms with Gasteiger partial charge in [0.15, 0.2) is 0 Å². The molecule has 0 radical (unpaired) electrons. The predicted molar refractivity (Wildman–Crippen MR) is 114 cm³/mol. The van der Waals surface area contributed by atoms with E-state index in [2.05, 4.69) is 9.97 Å². The fraction of sp³-hybridized carbons (Fsp3) is 0.429. The van der Waals surface area contributed by atoms with Crippen LogP contribution in [0.15, 0.2) is 30.3 Å². The Kier molecular flexibility index (Phi) is 6.56. The summed E-state index contributed by atoms with van der Waals surface area (Å²) in [6, 6.07) is 5.97. The molecule has 32 heavy (non-hydrogen) atoms. The first-order valence-electron chi connectivity index (χ1n) is 9.97. The van der Waals surface area contributed by atoms with Crippen molar-refractivity contribution in [3.8, 4) is 0 Å². The van der Waals surface area contributed by atoms with Gasteiger partial charge in [-0.1, -0.05) is 6.07 Å². The number of hydrogen-bond acceptors (Lipinski definition) is 6. The van der Waals surface area contributed by atoms with Crippen molar-refractivity contribution in [2.75, 3.05) is 64.2 Å². The number of rotatable bonds is 4. The van der Waals surface area contributed by atoms with E-state index in [1.807, 2.05) is 14.1 Å². The molecule has 8 nitrogen and oxygen atoms in total. The van der Waals surface area contributed by atoms with Crippen molar-refractivity contribution in [1.82, 2.24) is 19.8 Å². The summed E-state index contributed by atoms with van der Waals surface area (Å²) in [7, 11) is 7.19. The monoisotopic (exact) mass is 450 g/mol. The number of aromatic nitrogens is 2. The Balaban J connectivity index is 1.71. The van der Waals surface area contributed by atoms with Gasteiger partial charge in [-0.2, -0.15) is 18.2 Å². The molecule has 0 atom stereocenters. The lowest BCUT2D eigenvalue weighted by molar-refractivity contribution is -0.137. The molecule has 11 heteroatoms. The Hall–Kier alpha value is -3.37. The van der Waals surface area contributed by atoms with Crippen molar-refractivity contribution in [3.63, 3.8) is 0 Å². The fourth-order valence-electron chi connectivity index (χ4n) is 3.25. The number of carbonyl (C=O) groups excluding carboxylic acids is 2. The maximum Gasteiger partial charge on any atom is 0.416 e. The zero-order valence-corrected chi connectivity index (χ0v) is 18.3. The molecule has 1 aliphatic heterocycles. The Morgan fingerprint density at radius 1 is 0.875 bits per heavy atom. The van der Waals surface area contributed by atoms with Crippen LogP contribution in [0, 0.1) is 0 Å². The molecular formula is C21H25F3N6O2. The van der Waals surface area contributed by atoms with Gasteiger partial charge in [0, 0.05) is 66.0 Å². The molecule has 2 aromatic rings. The normalized spacial score (nSPS) is 14.3. The molecular weight excluding hydrogens is 425 g/mol. The van der Waals surface area contributed by atoms with Crippen LogP contribution in [0.3, 0.4) is 0 Å². The van der Waals surface area contributed by atoms with Gasteiger partial charge >= 0.3 is 6.18 Å². The third-order valence-corrected chi connectivity index (χ3v) is 5.07. The predicted octanol–water partition coefficient (Wildman–Crippen LogP) is 2.23. The lowest BCUT2D eigenvalue weighted by Crippen LogP contribution is -2.50. The van der Waals surface area contributed by atoms with Crippen molar-refractivity contribution in [2.45, 2.75) is 6.18 Å². The third-order valence-electron chi connectivity index (χ3n) is 5.07. The standard InChI is InChI=1S/C21H25F3N6O2/c1-27(2)17-13-16(25-20(26-17)28(3)4)19(32)30-10-8-29(9-11-30)18(31)14-6-5-7-15(12-14)21(22,23)24/h5-7,12-13H,8-11H2,1-4H3. The number of benzene rings is 1. The first-order valence-corrected chi connectivity index (χ1v) is 9.97. The number of nitrogens with zero attached hydrogens (tertiary/aromatic N) is 6. The van der Waals surface area contributed by atoms with Crippen molar-refractivity contribution in [1.29, 1.82) is 0 Å². The summed E-state index contributed by atoms with van der Waals surface area (Å²) in [6.45, 7) is 0.935. The van der Waals surface area contributed by atoms with E-state index < -0.39 is 17.6 Å². The Morgan fingerprint density at radius 3 is 2.00 bits per heavy atom. The van der Waals surface area contributed by atoms with Gasteiger partial charge in [0.1, 0.15) is 11.5 Å². The highest BCUT2D eigenvalue weighted by molar-refractivity contribution is 5.95. The first-order chi connectivity index (χ1) is 15.0. The highest BCUT2D eigenvalue weighted by atomic mass is 19.4. The number of piperazine rings is 1. The molecule has 0 aliphatic carbocycles. The average Bonchev–Trinajstić information content (AvgIpc) is 2.77. The number of anilines is 2. The summed E-state index contributed by atoms with van der Waals surface area (Å²) in [5.41, 5.74) is -0.652.